The zero-order valence-corrected chi connectivity index (χ0v) is 16.6. The van der Waals surface area contributed by atoms with E-state index in [-0.39, 0.29) is 11.8 Å². The van der Waals surface area contributed by atoms with E-state index in [0.29, 0.717) is 25.9 Å². The van der Waals surface area contributed by atoms with Crippen LogP contribution in [0.2, 0.25) is 0 Å². The van der Waals surface area contributed by atoms with Crippen molar-refractivity contribution in [2.75, 3.05) is 36.4 Å². The Balaban J connectivity index is 1.39. The number of carbonyl (C=O) groups excluding carboxylic acids is 2. The fraction of sp³-hybridized carbons (Fsp3) is 0.391. The number of carbonyl (C=O) groups is 2. The lowest BCUT2D eigenvalue weighted by Gasteiger charge is -2.37. The Morgan fingerprint density at radius 3 is 2.18 bits per heavy atom. The third-order valence-electron chi connectivity index (χ3n) is 6.05. The highest BCUT2D eigenvalue weighted by atomic mass is 16.2. The Kier molecular flexibility index (Phi) is 4.84. The summed E-state index contributed by atoms with van der Waals surface area (Å²) in [5, 5.41) is 2.97. The van der Waals surface area contributed by atoms with E-state index in [2.05, 4.69) is 22.3 Å². The smallest absolute Gasteiger partial charge is 0.240 e. The van der Waals surface area contributed by atoms with Gasteiger partial charge in [0, 0.05) is 37.6 Å². The minimum Gasteiger partial charge on any atom is -0.368 e. The predicted octanol–water partition coefficient (Wildman–Crippen LogP) is 3.37. The number of hydrogen-bond donors (Lipinski definition) is 1. The van der Waals surface area contributed by atoms with Crippen molar-refractivity contribution in [1.29, 1.82) is 0 Å². The quantitative estimate of drug-likeness (QED) is 0.831. The second kappa shape index (κ2) is 7.30. The van der Waals surface area contributed by atoms with Crippen LogP contribution in [-0.4, -0.2) is 42.9 Å². The van der Waals surface area contributed by atoms with E-state index in [1.807, 2.05) is 55.1 Å². The van der Waals surface area contributed by atoms with Gasteiger partial charge in [-0.15, -0.1) is 0 Å². The first-order chi connectivity index (χ1) is 13.5. The van der Waals surface area contributed by atoms with Crippen molar-refractivity contribution >= 4 is 23.2 Å². The van der Waals surface area contributed by atoms with E-state index >= 15 is 0 Å². The van der Waals surface area contributed by atoms with Crippen molar-refractivity contribution in [2.45, 2.75) is 26.7 Å². The van der Waals surface area contributed by atoms with Crippen LogP contribution >= 0.6 is 0 Å². The molecule has 0 bridgehead atoms. The van der Waals surface area contributed by atoms with Gasteiger partial charge in [0.2, 0.25) is 11.8 Å². The molecule has 0 spiro atoms. The molecule has 2 amide bonds. The molecule has 0 atom stereocenters. The molecule has 1 heterocycles. The maximum absolute atomic E-state index is 13.1. The minimum absolute atomic E-state index is 0.0125. The van der Waals surface area contributed by atoms with Crippen LogP contribution in [0, 0.1) is 19.3 Å². The van der Waals surface area contributed by atoms with Crippen LogP contribution < -0.4 is 10.2 Å². The first kappa shape index (κ1) is 18.5. The van der Waals surface area contributed by atoms with Gasteiger partial charge in [0.25, 0.3) is 0 Å². The Morgan fingerprint density at radius 1 is 0.893 bits per heavy atom. The zero-order valence-electron chi connectivity index (χ0n) is 16.6. The maximum atomic E-state index is 13.1. The zero-order chi connectivity index (χ0) is 19.7. The van der Waals surface area contributed by atoms with Gasteiger partial charge in [-0.2, -0.15) is 0 Å². The summed E-state index contributed by atoms with van der Waals surface area (Å²) in [4.78, 5) is 30.2. The number of amides is 2. The molecule has 1 saturated carbocycles. The van der Waals surface area contributed by atoms with Gasteiger partial charge in [0.1, 0.15) is 5.41 Å². The van der Waals surface area contributed by atoms with Crippen LogP contribution in [0.15, 0.2) is 48.5 Å². The molecule has 2 aromatic rings. The van der Waals surface area contributed by atoms with Gasteiger partial charge >= 0.3 is 0 Å². The summed E-state index contributed by atoms with van der Waals surface area (Å²) in [6.07, 6.45) is 1.28. The highest BCUT2D eigenvalue weighted by Crippen LogP contribution is 2.48. The number of hydrogen-bond acceptors (Lipinski definition) is 3. The molecular weight excluding hydrogens is 350 g/mol. The normalized spacial score (nSPS) is 17.9. The fourth-order valence-electron chi connectivity index (χ4n) is 3.84. The van der Waals surface area contributed by atoms with E-state index in [1.54, 1.807) is 0 Å². The standard InChI is InChI=1S/C23H27N3O2/c1-17-8-9-19(16-18(17)2)24-21(27)23(10-11-23)22(28)26-14-12-25(13-15-26)20-6-4-3-5-7-20/h3-9,16H,10-15H2,1-2H3,(H,24,27). The van der Waals surface area contributed by atoms with Crippen LogP contribution in [0.4, 0.5) is 11.4 Å². The van der Waals surface area contributed by atoms with Crippen LogP contribution in [0.5, 0.6) is 0 Å². The summed E-state index contributed by atoms with van der Waals surface area (Å²) in [5.74, 6) is -0.173. The third kappa shape index (κ3) is 3.49. The Bertz CT molecular complexity index is 882. The Labute approximate surface area is 166 Å². The van der Waals surface area contributed by atoms with Gasteiger partial charge < -0.3 is 15.1 Å². The molecule has 0 aromatic heterocycles. The Hall–Kier alpha value is -2.82. The summed E-state index contributed by atoms with van der Waals surface area (Å²) in [6, 6.07) is 16.1. The molecule has 0 unspecified atom stereocenters. The van der Waals surface area contributed by atoms with Crippen molar-refractivity contribution in [1.82, 2.24) is 4.90 Å². The lowest BCUT2D eigenvalue weighted by Crippen LogP contribution is -2.52. The Morgan fingerprint density at radius 2 is 1.57 bits per heavy atom. The van der Waals surface area contributed by atoms with Gasteiger partial charge in [-0.05, 0) is 62.1 Å². The van der Waals surface area contributed by atoms with Gasteiger partial charge in [-0.25, -0.2) is 0 Å². The molecule has 146 valence electrons. The molecule has 1 N–H and O–H groups in total. The fourth-order valence-corrected chi connectivity index (χ4v) is 3.84. The summed E-state index contributed by atoms with van der Waals surface area (Å²) in [6.45, 7) is 6.98. The molecule has 5 nitrogen and oxygen atoms in total. The van der Waals surface area contributed by atoms with Gasteiger partial charge in [0.05, 0.1) is 0 Å². The maximum Gasteiger partial charge on any atom is 0.240 e. The monoisotopic (exact) mass is 377 g/mol. The molecule has 2 aromatic carbocycles. The van der Waals surface area contributed by atoms with Crippen molar-refractivity contribution in [3.05, 3.63) is 59.7 Å². The van der Waals surface area contributed by atoms with E-state index in [1.165, 1.54) is 11.3 Å². The van der Waals surface area contributed by atoms with E-state index < -0.39 is 5.41 Å². The average molecular weight is 377 g/mol. The molecule has 2 fully saturated rings. The molecule has 4 rings (SSSR count). The second-order valence-corrected chi connectivity index (χ2v) is 7.95. The molecule has 1 aliphatic heterocycles. The number of piperazine rings is 1. The van der Waals surface area contributed by atoms with E-state index in [9.17, 15) is 9.59 Å². The van der Waals surface area contributed by atoms with Crippen molar-refractivity contribution in [2.24, 2.45) is 5.41 Å². The number of benzene rings is 2. The van der Waals surface area contributed by atoms with Crippen LogP contribution in [-0.2, 0) is 9.59 Å². The first-order valence-electron chi connectivity index (χ1n) is 9.98. The highest BCUT2D eigenvalue weighted by molar-refractivity contribution is 6.13. The third-order valence-corrected chi connectivity index (χ3v) is 6.05. The number of nitrogens with zero attached hydrogens (tertiary/aromatic N) is 2. The van der Waals surface area contributed by atoms with Gasteiger partial charge in [-0.3, -0.25) is 9.59 Å². The summed E-state index contributed by atoms with van der Waals surface area (Å²) in [7, 11) is 0. The van der Waals surface area contributed by atoms with Crippen molar-refractivity contribution in [3.63, 3.8) is 0 Å². The number of para-hydroxylation sites is 1. The number of nitrogens with one attached hydrogen (secondary N) is 1. The predicted molar refractivity (Wildman–Crippen MR) is 111 cm³/mol. The van der Waals surface area contributed by atoms with E-state index in [4.69, 9.17) is 0 Å². The molecule has 1 aliphatic carbocycles. The number of anilines is 2. The topological polar surface area (TPSA) is 52.7 Å². The van der Waals surface area contributed by atoms with Crippen molar-refractivity contribution in [3.8, 4) is 0 Å². The number of aryl methyl sites for hydroxylation is 2. The average Bonchev–Trinajstić information content (AvgIpc) is 3.53. The van der Waals surface area contributed by atoms with Gasteiger partial charge in [0.15, 0.2) is 0 Å². The van der Waals surface area contributed by atoms with E-state index in [0.717, 1.165) is 24.3 Å². The second-order valence-electron chi connectivity index (χ2n) is 7.95. The SMILES string of the molecule is Cc1ccc(NC(=O)C2(C(=O)N3CCN(c4ccccc4)CC3)CC2)cc1C. The number of rotatable bonds is 4. The molecule has 28 heavy (non-hydrogen) atoms. The molecule has 0 radical (unpaired) electrons. The van der Waals surface area contributed by atoms with Crippen LogP contribution in [0.1, 0.15) is 24.0 Å². The highest BCUT2D eigenvalue weighted by Gasteiger charge is 2.58. The molecule has 5 heteroatoms. The van der Waals surface area contributed by atoms with Crippen LogP contribution in [0.25, 0.3) is 0 Å². The molecular formula is C23H27N3O2. The summed E-state index contributed by atoms with van der Waals surface area (Å²) >= 11 is 0. The first-order valence-corrected chi connectivity index (χ1v) is 9.98. The summed E-state index contributed by atoms with van der Waals surface area (Å²) < 4.78 is 0. The van der Waals surface area contributed by atoms with Gasteiger partial charge in [-0.1, -0.05) is 24.3 Å². The lowest BCUT2D eigenvalue weighted by molar-refractivity contribution is -0.142. The van der Waals surface area contributed by atoms with Crippen LogP contribution in [0.3, 0.4) is 0 Å². The minimum atomic E-state index is -0.867. The molecule has 1 saturated heterocycles. The summed E-state index contributed by atoms with van der Waals surface area (Å²) in [5.41, 5.74) is 3.40. The van der Waals surface area contributed by atoms with Crippen molar-refractivity contribution < 1.29 is 9.59 Å². The largest absolute Gasteiger partial charge is 0.368 e. The molecule has 2 aliphatic rings. The lowest BCUT2D eigenvalue weighted by atomic mass is 10.0.